The third kappa shape index (κ3) is 1.86. The first-order valence-corrected chi connectivity index (χ1v) is 10.2. The summed E-state index contributed by atoms with van der Waals surface area (Å²) in [5.74, 6) is 0. The van der Waals surface area contributed by atoms with Crippen LogP contribution in [0.15, 0.2) is 71.4 Å². The van der Waals surface area contributed by atoms with E-state index in [1.165, 1.54) is 33.0 Å². The fourth-order valence-electron chi connectivity index (χ4n) is 3.89. The van der Waals surface area contributed by atoms with Crippen LogP contribution in [0.2, 0.25) is 0 Å². The number of benzene rings is 2. The largest absolute Gasteiger partial charge is 0.148 e. The lowest BCUT2D eigenvalue weighted by molar-refractivity contribution is 1.06. The summed E-state index contributed by atoms with van der Waals surface area (Å²) < 4.78 is 0. The normalized spacial score (nSPS) is 11.8. The second-order valence-corrected chi connectivity index (χ2v) is 8.21. The molecular weight excluding hydrogens is 356 g/mol. The molecule has 0 N–H and O–H groups in total. The Morgan fingerprint density at radius 3 is 1.58 bits per heavy atom. The van der Waals surface area contributed by atoms with Gasteiger partial charge in [0.2, 0.25) is 0 Å². The van der Waals surface area contributed by atoms with Crippen molar-refractivity contribution in [3.63, 3.8) is 0 Å². The SMILES string of the molecule is c1csc(-c2nnc(-c3cccs3)c3c2-c2cccc4cccc-3c24)c1. The van der Waals surface area contributed by atoms with Gasteiger partial charge in [-0.1, -0.05) is 48.5 Å². The monoisotopic (exact) mass is 368 g/mol. The molecule has 3 heterocycles. The van der Waals surface area contributed by atoms with E-state index in [9.17, 15) is 0 Å². The van der Waals surface area contributed by atoms with E-state index in [0.29, 0.717) is 0 Å². The molecule has 0 fully saturated rings. The number of rotatable bonds is 2. The average Bonchev–Trinajstić information content (AvgIpc) is 3.44. The zero-order valence-corrected chi connectivity index (χ0v) is 15.3. The van der Waals surface area contributed by atoms with Gasteiger partial charge in [0.15, 0.2) is 0 Å². The van der Waals surface area contributed by atoms with Crippen LogP contribution in [0.5, 0.6) is 0 Å². The van der Waals surface area contributed by atoms with Crippen LogP contribution in [0.25, 0.3) is 54.2 Å². The van der Waals surface area contributed by atoms with Crippen LogP contribution in [-0.4, -0.2) is 10.2 Å². The Hall–Kier alpha value is -2.82. The summed E-state index contributed by atoms with van der Waals surface area (Å²) in [6.07, 6.45) is 0. The lowest BCUT2D eigenvalue weighted by Gasteiger charge is -2.10. The van der Waals surface area contributed by atoms with Crippen LogP contribution in [0.3, 0.4) is 0 Å². The summed E-state index contributed by atoms with van der Waals surface area (Å²) in [5.41, 5.74) is 6.95. The maximum absolute atomic E-state index is 4.69. The molecule has 122 valence electrons. The minimum atomic E-state index is 0.985. The maximum atomic E-state index is 4.69. The van der Waals surface area contributed by atoms with Crippen LogP contribution >= 0.6 is 22.7 Å². The second-order valence-electron chi connectivity index (χ2n) is 6.31. The molecule has 2 nitrogen and oxygen atoms in total. The smallest absolute Gasteiger partial charge is 0.111 e. The highest BCUT2D eigenvalue weighted by Gasteiger charge is 2.29. The molecular formula is C22H12N2S2. The molecule has 3 aromatic heterocycles. The Balaban J connectivity index is 1.81. The van der Waals surface area contributed by atoms with Crippen molar-refractivity contribution in [3.05, 3.63) is 71.4 Å². The quantitative estimate of drug-likeness (QED) is 0.338. The van der Waals surface area contributed by atoms with E-state index in [4.69, 9.17) is 0 Å². The van der Waals surface area contributed by atoms with E-state index in [1.807, 2.05) is 0 Å². The van der Waals surface area contributed by atoms with Crippen LogP contribution in [0.1, 0.15) is 0 Å². The topological polar surface area (TPSA) is 25.8 Å². The second kappa shape index (κ2) is 5.34. The Bertz CT molecular complexity index is 1170. The number of hydrogen-bond donors (Lipinski definition) is 0. The minimum Gasteiger partial charge on any atom is -0.148 e. The first kappa shape index (κ1) is 14.4. The third-order valence-electron chi connectivity index (χ3n) is 4.93. The molecule has 0 spiro atoms. The maximum Gasteiger partial charge on any atom is 0.111 e. The van der Waals surface area contributed by atoms with Crippen molar-refractivity contribution in [1.29, 1.82) is 0 Å². The van der Waals surface area contributed by atoms with Crippen molar-refractivity contribution < 1.29 is 0 Å². The summed E-state index contributed by atoms with van der Waals surface area (Å²) in [5, 5.41) is 16.1. The van der Waals surface area contributed by atoms with Gasteiger partial charge in [0.25, 0.3) is 0 Å². The number of thiophene rings is 2. The highest BCUT2D eigenvalue weighted by atomic mass is 32.1. The number of hydrogen-bond acceptors (Lipinski definition) is 4. The predicted octanol–water partition coefficient (Wildman–Crippen LogP) is 6.73. The van der Waals surface area contributed by atoms with Gasteiger partial charge in [0.1, 0.15) is 11.4 Å². The van der Waals surface area contributed by atoms with Crippen molar-refractivity contribution in [1.82, 2.24) is 10.2 Å². The van der Waals surface area contributed by atoms with Crippen molar-refractivity contribution in [2.24, 2.45) is 0 Å². The van der Waals surface area contributed by atoms with Gasteiger partial charge in [0.05, 0.1) is 9.75 Å². The lowest BCUT2D eigenvalue weighted by Crippen LogP contribution is -1.95. The molecule has 2 aromatic carbocycles. The van der Waals surface area contributed by atoms with Gasteiger partial charge in [0, 0.05) is 11.1 Å². The van der Waals surface area contributed by atoms with Gasteiger partial charge >= 0.3 is 0 Å². The molecule has 0 atom stereocenters. The molecule has 0 aliphatic heterocycles. The van der Waals surface area contributed by atoms with E-state index in [-0.39, 0.29) is 0 Å². The molecule has 4 heteroatoms. The predicted molar refractivity (Wildman–Crippen MR) is 111 cm³/mol. The summed E-state index contributed by atoms with van der Waals surface area (Å²) in [7, 11) is 0. The molecule has 0 saturated heterocycles. The van der Waals surface area contributed by atoms with Gasteiger partial charge in [-0.2, -0.15) is 0 Å². The summed E-state index contributed by atoms with van der Waals surface area (Å²) in [6.45, 7) is 0. The van der Waals surface area contributed by atoms with Crippen LogP contribution in [0, 0.1) is 0 Å². The highest BCUT2D eigenvalue weighted by Crippen LogP contribution is 2.53. The van der Waals surface area contributed by atoms with Crippen LogP contribution in [0.4, 0.5) is 0 Å². The van der Waals surface area contributed by atoms with Gasteiger partial charge in [-0.15, -0.1) is 32.9 Å². The highest BCUT2D eigenvalue weighted by molar-refractivity contribution is 7.14. The van der Waals surface area contributed by atoms with E-state index in [0.717, 1.165) is 21.1 Å². The summed E-state index contributed by atoms with van der Waals surface area (Å²) in [4.78, 5) is 2.33. The van der Waals surface area contributed by atoms with Crippen molar-refractivity contribution in [3.8, 4) is 43.4 Å². The van der Waals surface area contributed by atoms with Gasteiger partial charge in [-0.05, 0) is 44.8 Å². The first-order chi connectivity index (χ1) is 12.9. The van der Waals surface area contributed by atoms with Crippen molar-refractivity contribution in [2.45, 2.75) is 0 Å². The van der Waals surface area contributed by atoms with Crippen LogP contribution in [-0.2, 0) is 0 Å². The lowest BCUT2D eigenvalue weighted by atomic mass is 10.0. The van der Waals surface area contributed by atoms with E-state index in [1.54, 1.807) is 22.7 Å². The standard InChI is InChI=1S/C22H12N2S2/c1-5-13-6-2-8-15-18(13)14(7-1)19-20(15)22(17-10-4-12-26-17)24-23-21(19)16-9-3-11-25-16/h1-12H. The van der Waals surface area contributed by atoms with Gasteiger partial charge < -0.3 is 0 Å². The molecule has 0 radical (unpaired) electrons. The Kier molecular flexibility index (Phi) is 2.95. The van der Waals surface area contributed by atoms with Crippen molar-refractivity contribution >= 4 is 33.4 Å². The molecule has 6 rings (SSSR count). The molecule has 1 aliphatic rings. The molecule has 0 amide bonds. The van der Waals surface area contributed by atoms with E-state index in [2.05, 4.69) is 81.6 Å². The molecule has 0 unspecified atom stereocenters. The van der Waals surface area contributed by atoms with Crippen molar-refractivity contribution in [2.75, 3.05) is 0 Å². The Morgan fingerprint density at radius 1 is 0.577 bits per heavy atom. The number of fused-ring (bicyclic) bond motifs is 3. The fourth-order valence-corrected chi connectivity index (χ4v) is 5.32. The molecule has 5 aromatic rings. The molecule has 0 bridgehead atoms. The zero-order valence-electron chi connectivity index (χ0n) is 13.6. The fraction of sp³-hybridized carbons (Fsp3) is 0. The zero-order chi connectivity index (χ0) is 17.1. The summed E-state index contributed by atoms with van der Waals surface area (Å²) >= 11 is 3.43. The van der Waals surface area contributed by atoms with Gasteiger partial charge in [-0.25, -0.2) is 0 Å². The summed E-state index contributed by atoms with van der Waals surface area (Å²) in [6, 6.07) is 21.5. The first-order valence-electron chi connectivity index (χ1n) is 8.43. The average molecular weight is 368 g/mol. The molecule has 26 heavy (non-hydrogen) atoms. The van der Waals surface area contributed by atoms with Gasteiger partial charge in [-0.3, -0.25) is 0 Å². The van der Waals surface area contributed by atoms with E-state index >= 15 is 0 Å². The number of nitrogens with zero attached hydrogens (tertiary/aromatic N) is 2. The molecule has 0 saturated carbocycles. The Labute approximate surface area is 158 Å². The molecule has 1 aliphatic carbocycles. The van der Waals surface area contributed by atoms with E-state index < -0.39 is 0 Å². The van der Waals surface area contributed by atoms with Crippen LogP contribution < -0.4 is 0 Å². The third-order valence-corrected chi connectivity index (χ3v) is 6.68. The Morgan fingerprint density at radius 2 is 1.12 bits per heavy atom. The minimum absolute atomic E-state index is 0.985. The number of aromatic nitrogens is 2.